The van der Waals surface area contributed by atoms with Crippen LogP contribution in [-0.2, 0) is 4.79 Å². The Morgan fingerprint density at radius 1 is 1.50 bits per heavy atom. The molecule has 1 saturated carbocycles. The Kier molecular flexibility index (Phi) is 2.52. The number of nitrogens with one attached hydrogen (secondary N) is 2. The van der Waals surface area contributed by atoms with Crippen molar-refractivity contribution in [3.05, 3.63) is 0 Å². The zero-order valence-electron chi connectivity index (χ0n) is 9.10. The zero-order chi connectivity index (χ0) is 10.2. The molecule has 2 rings (SSSR count). The first kappa shape index (κ1) is 9.97. The Morgan fingerprint density at radius 2 is 2.21 bits per heavy atom. The van der Waals surface area contributed by atoms with E-state index in [0.717, 1.165) is 19.5 Å². The third kappa shape index (κ3) is 1.78. The molecule has 2 atom stereocenters. The molecule has 2 fully saturated rings. The molecule has 0 radical (unpaired) electrons. The van der Waals surface area contributed by atoms with Gasteiger partial charge in [0.15, 0.2) is 0 Å². The van der Waals surface area contributed by atoms with Crippen LogP contribution in [0.15, 0.2) is 0 Å². The highest BCUT2D eigenvalue weighted by molar-refractivity contribution is 5.80. The van der Waals surface area contributed by atoms with Crippen molar-refractivity contribution in [2.75, 3.05) is 13.1 Å². The predicted molar refractivity (Wildman–Crippen MR) is 55.9 cm³/mol. The van der Waals surface area contributed by atoms with Gasteiger partial charge in [-0.25, -0.2) is 0 Å². The summed E-state index contributed by atoms with van der Waals surface area (Å²) in [5.41, 5.74) is 0.180. The minimum atomic E-state index is 0.180. The molecule has 1 heterocycles. The van der Waals surface area contributed by atoms with Crippen molar-refractivity contribution in [1.29, 1.82) is 0 Å². The van der Waals surface area contributed by atoms with Gasteiger partial charge in [0.05, 0.1) is 5.92 Å². The second-order valence-electron chi connectivity index (χ2n) is 4.87. The van der Waals surface area contributed by atoms with Gasteiger partial charge < -0.3 is 10.6 Å². The first-order valence-corrected chi connectivity index (χ1v) is 5.69. The van der Waals surface area contributed by atoms with E-state index in [1.807, 2.05) is 0 Å². The number of rotatable bonds is 3. The summed E-state index contributed by atoms with van der Waals surface area (Å²) in [6.07, 6.45) is 3.42. The van der Waals surface area contributed by atoms with Gasteiger partial charge in [-0.2, -0.15) is 0 Å². The lowest BCUT2D eigenvalue weighted by atomic mass is 9.96. The summed E-state index contributed by atoms with van der Waals surface area (Å²) in [7, 11) is 0. The Balaban J connectivity index is 1.89. The maximum Gasteiger partial charge on any atom is 0.225 e. The van der Waals surface area contributed by atoms with Gasteiger partial charge in [-0.3, -0.25) is 4.79 Å². The Hall–Kier alpha value is -0.570. The van der Waals surface area contributed by atoms with Gasteiger partial charge in [-0.15, -0.1) is 0 Å². The summed E-state index contributed by atoms with van der Waals surface area (Å²) < 4.78 is 0. The van der Waals surface area contributed by atoms with Crippen LogP contribution in [0, 0.1) is 11.8 Å². The van der Waals surface area contributed by atoms with Gasteiger partial charge in [-0.1, -0.05) is 13.8 Å². The van der Waals surface area contributed by atoms with Crippen LogP contribution in [0.4, 0.5) is 0 Å². The molecule has 80 valence electrons. The monoisotopic (exact) mass is 196 g/mol. The molecular weight excluding hydrogens is 176 g/mol. The lowest BCUT2D eigenvalue weighted by Gasteiger charge is -2.20. The van der Waals surface area contributed by atoms with E-state index in [1.165, 1.54) is 12.8 Å². The second-order valence-corrected chi connectivity index (χ2v) is 4.87. The normalized spacial score (nSPS) is 34.1. The molecule has 0 aromatic heterocycles. The second kappa shape index (κ2) is 3.54. The average molecular weight is 196 g/mol. The van der Waals surface area contributed by atoms with Crippen LogP contribution in [0.1, 0.15) is 33.1 Å². The van der Waals surface area contributed by atoms with Crippen LogP contribution in [0.2, 0.25) is 0 Å². The molecule has 1 amide bonds. The zero-order valence-corrected chi connectivity index (χ0v) is 9.10. The molecule has 1 aliphatic carbocycles. The molecule has 14 heavy (non-hydrogen) atoms. The van der Waals surface area contributed by atoms with Crippen LogP contribution >= 0.6 is 0 Å². The third-order valence-electron chi connectivity index (χ3n) is 3.77. The molecule has 3 heteroatoms. The average Bonchev–Trinajstić information content (AvgIpc) is 2.80. The molecule has 0 aromatic rings. The van der Waals surface area contributed by atoms with E-state index >= 15 is 0 Å². The van der Waals surface area contributed by atoms with Gasteiger partial charge in [0.25, 0.3) is 0 Å². The fourth-order valence-corrected chi connectivity index (χ4v) is 2.23. The van der Waals surface area contributed by atoms with E-state index in [9.17, 15) is 4.79 Å². The number of carbonyl (C=O) groups excluding carboxylic acids is 1. The highest BCUT2D eigenvalue weighted by Crippen LogP contribution is 2.38. The molecule has 1 saturated heterocycles. The fraction of sp³-hybridized carbons (Fsp3) is 0.909. The standard InChI is InChI=1S/C11H20N2O/c1-3-11(4-5-11)13-10(14)9-7-12-6-8(9)2/h8-9,12H,3-7H2,1-2H3,(H,13,14)/t8-,9-/m1/s1. The summed E-state index contributed by atoms with van der Waals surface area (Å²) in [4.78, 5) is 11.9. The van der Waals surface area contributed by atoms with Crippen molar-refractivity contribution < 1.29 is 4.79 Å². The van der Waals surface area contributed by atoms with E-state index < -0.39 is 0 Å². The summed E-state index contributed by atoms with van der Waals surface area (Å²) in [6.45, 7) is 6.14. The van der Waals surface area contributed by atoms with Gasteiger partial charge in [0.2, 0.25) is 5.91 Å². The topological polar surface area (TPSA) is 41.1 Å². The van der Waals surface area contributed by atoms with Gasteiger partial charge in [0, 0.05) is 12.1 Å². The third-order valence-corrected chi connectivity index (χ3v) is 3.77. The highest BCUT2D eigenvalue weighted by Gasteiger charge is 2.44. The van der Waals surface area contributed by atoms with E-state index in [-0.39, 0.29) is 17.4 Å². The van der Waals surface area contributed by atoms with Crippen molar-refractivity contribution in [2.45, 2.75) is 38.6 Å². The summed E-state index contributed by atoms with van der Waals surface area (Å²) in [6, 6.07) is 0. The molecule has 2 N–H and O–H groups in total. The van der Waals surface area contributed by atoms with Crippen LogP contribution in [0.3, 0.4) is 0 Å². The Morgan fingerprint density at radius 3 is 2.64 bits per heavy atom. The van der Waals surface area contributed by atoms with Crippen molar-refractivity contribution in [3.8, 4) is 0 Å². The van der Waals surface area contributed by atoms with Crippen LogP contribution < -0.4 is 10.6 Å². The predicted octanol–water partition coefficient (Wildman–Crippen LogP) is 0.901. The highest BCUT2D eigenvalue weighted by atomic mass is 16.2. The smallest absolute Gasteiger partial charge is 0.225 e. The molecule has 3 nitrogen and oxygen atoms in total. The van der Waals surface area contributed by atoms with Crippen LogP contribution in [-0.4, -0.2) is 24.5 Å². The van der Waals surface area contributed by atoms with Crippen molar-refractivity contribution in [3.63, 3.8) is 0 Å². The summed E-state index contributed by atoms with van der Waals surface area (Å²) in [5.74, 6) is 0.948. The van der Waals surface area contributed by atoms with Crippen LogP contribution in [0.5, 0.6) is 0 Å². The maximum absolute atomic E-state index is 11.9. The SMILES string of the molecule is CCC1(NC(=O)[C@@H]2CNC[C@H]2C)CC1. The van der Waals surface area contributed by atoms with E-state index in [4.69, 9.17) is 0 Å². The van der Waals surface area contributed by atoms with Crippen molar-refractivity contribution >= 4 is 5.91 Å². The molecule has 0 unspecified atom stereocenters. The van der Waals surface area contributed by atoms with E-state index in [0.29, 0.717) is 5.92 Å². The molecule has 0 aromatic carbocycles. The maximum atomic E-state index is 11.9. The minimum absolute atomic E-state index is 0.180. The summed E-state index contributed by atoms with van der Waals surface area (Å²) >= 11 is 0. The molecule has 0 bridgehead atoms. The fourth-order valence-electron chi connectivity index (χ4n) is 2.23. The van der Waals surface area contributed by atoms with Gasteiger partial charge in [0.1, 0.15) is 0 Å². The number of amides is 1. The molecular formula is C11H20N2O. The minimum Gasteiger partial charge on any atom is -0.350 e. The van der Waals surface area contributed by atoms with Gasteiger partial charge >= 0.3 is 0 Å². The Bertz CT molecular complexity index is 235. The van der Waals surface area contributed by atoms with E-state index in [2.05, 4.69) is 24.5 Å². The number of hydrogen-bond acceptors (Lipinski definition) is 2. The van der Waals surface area contributed by atoms with E-state index in [1.54, 1.807) is 0 Å². The van der Waals surface area contributed by atoms with Crippen molar-refractivity contribution in [2.24, 2.45) is 11.8 Å². The molecule has 0 spiro atoms. The van der Waals surface area contributed by atoms with Crippen LogP contribution in [0.25, 0.3) is 0 Å². The van der Waals surface area contributed by atoms with Crippen molar-refractivity contribution in [1.82, 2.24) is 10.6 Å². The quantitative estimate of drug-likeness (QED) is 0.704. The number of carbonyl (C=O) groups is 1. The lowest BCUT2D eigenvalue weighted by Crippen LogP contribution is -2.42. The largest absolute Gasteiger partial charge is 0.350 e. The summed E-state index contributed by atoms with van der Waals surface area (Å²) in [5, 5.41) is 6.48. The molecule has 2 aliphatic rings. The molecule has 1 aliphatic heterocycles. The van der Waals surface area contributed by atoms with Gasteiger partial charge in [-0.05, 0) is 31.7 Å². The lowest BCUT2D eigenvalue weighted by molar-refractivity contribution is -0.126. The Labute approximate surface area is 85.6 Å². The number of hydrogen-bond donors (Lipinski definition) is 2. The first-order chi connectivity index (χ1) is 6.67. The first-order valence-electron chi connectivity index (χ1n) is 5.69.